The summed E-state index contributed by atoms with van der Waals surface area (Å²) >= 11 is 0. The van der Waals surface area contributed by atoms with Crippen molar-refractivity contribution in [1.29, 1.82) is 0 Å². The lowest BCUT2D eigenvalue weighted by atomic mass is 9.99. The molecule has 1 atom stereocenters. The van der Waals surface area contributed by atoms with E-state index in [4.69, 9.17) is 15.2 Å². The van der Waals surface area contributed by atoms with Gasteiger partial charge in [-0.05, 0) is 31.2 Å². The molecule has 4 heteroatoms. The van der Waals surface area contributed by atoms with Gasteiger partial charge >= 0.3 is 0 Å². The second kappa shape index (κ2) is 6.71. The lowest BCUT2D eigenvalue weighted by Crippen LogP contribution is -2.39. The molecule has 3 N–H and O–H groups in total. The smallest absolute Gasteiger partial charge is 0.235 e. The highest BCUT2D eigenvalue weighted by molar-refractivity contribution is 5.42. The van der Waals surface area contributed by atoms with Crippen LogP contribution in [0, 0.1) is 12.8 Å². The number of allylic oxidation sites excluding steroid dienone is 1. The number of hydrogen-bond acceptors (Lipinski definition) is 4. The summed E-state index contributed by atoms with van der Waals surface area (Å²) in [4.78, 5) is 0. The fourth-order valence-electron chi connectivity index (χ4n) is 2.93. The van der Waals surface area contributed by atoms with Crippen LogP contribution in [0.25, 0.3) is 0 Å². The molecule has 0 aliphatic carbocycles. The molecular weight excluding hydrogens is 312 g/mol. The number of ether oxygens (including phenoxy) is 2. The summed E-state index contributed by atoms with van der Waals surface area (Å²) in [6, 6.07) is 15.8. The van der Waals surface area contributed by atoms with Crippen molar-refractivity contribution in [2.45, 2.75) is 39.8 Å². The molecule has 0 amide bonds. The Kier molecular flexibility index (Phi) is 4.62. The van der Waals surface area contributed by atoms with Gasteiger partial charge in [0.05, 0.1) is 0 Å². The first-order chi connectivity index (χ1) is 11.9. The van der Waals surface area contributed by atoms with Crippen molar-refractivity contribution in [1.82, 2.24) is 5.32 Å². The number of anilines is 1. The van der Waals surface area contributed by atoms with E-state index in [0.717, 1.165) is 23.5 Å². The van der Waals surface area contributed by atoms with Crippen LogP contribution in [-0.2, 0) is 10.5 Å². The first kappa shape index (κ1) is 17.2. The molecule has 0 saturated heterocycles. The molecular formula is C21H26N2O2. The standard InChI is InChI=1S/C21H26N2O2/c1-5-21(16-8-6-15(4)7-9-16)23-20(19(25-21)14(2)3)24-18-12-10-17(22)11-13-18/h6-14,23H,5,22H2,1-4H3. The summed E-state index contributed by atoms with van der Waals surface area (Å²) in [5, 5.41) is 3.49. The highest BCUT2D eigenvalue weighted by Crippen LogP contribution is 2.39. The van der Waals surface area contributed by atoms with Crippen molar-refractivity contribution in [3.63, 3.8) is 0 Å². The highest BCUT2D eigenvalue weighted by atomic mass is 16.6. The summed E-state index contributed by atoms with van der Waals surface area (Å²) < 4.78 is 12.5. The average Bonchev–Trinajstić information content (AvgIpc) is 2.98. The molecule has 0 radical (unpaired) electrons. The van der Waals surface area contributed by atoms with Gasteiger partial charge in [0.1, 0.15) is 5.75 Å². The fourth-order valence-corrected chi connectivity index (χ4v) is 2.93. The Morgan fingerprint density at radius 3 is 2.28 bits per heavy atom. The van der Waals surface area contributed by atoms with E-state index in [2.05, 4.69) is 57.3 Å². The second-order valence-electron chi connectivity index (χ2n) is 6.79. The van der Waals surface area contributed by atoms with Crippen molar-refractivity contribution in [2.24, 2.45) is 5.92 Å². The zero-order chi connectivity index (χ0) is 18.0. The first-order valence-corrected chi connectivity index (χ1v) is 8.75. The number of aryl methyl sites for hydroxylation is 1. The lowest BCUT2D eigenvalue weighted by Gasteiger charge is -2.30. The second-order valence-corrected chi connectivity index (χ2v) is 6.79. The Morgan fingerprint density at radius 2 is 1.72 bits per heavy atom. The molecule has 132 valence electrons. The minimum atomic E-state index is -0.601. The minimum absolute atomic E-state index is 0.204. The van der Waals surface area contributed by atoms with Crippen molar-refractivity contribution in [3.05, 3.63) is 71.3 Å². The van der Waals surface area contributed by atoms with Crippen LogP contribution in [0.5, 0.6) is 5.75 Å². The Hall–Kier alpha value is -2.62. The van der Waals surface area contributed by atoms with Gasteiger partial charge in [0.25, 0.3) is 0 Å². The van der Waals surface area contributed by atoms with Gasteiger partial charge < -0.3 is 20.5 Å². The largest absolute Gasteiger partial charge is 0.462 e. The molecule has 0 fully saturated rings. The van der Waals surface area contributed by atoms with Gasteiger partial charge in [0.15, 0.2) is 5.76 Å². The third-order valence-electron chi connectivity index (χ3n) is 4.46. The van der Waals surface area contributed by atoms with Crippen LogP contribution in [0.3, 0.4) is 0 Å². The summed E-state index contributed by atoms with van der Waals surface area (Å²) in [6.45, 7) is 8.39. The Bertz CT molecular complexity index is 763. The van der Waals surface area contributed by atoms with Crippen molar-refractivity contribution in [2.75, 3.05) is 5.73 Å². The van der Waals surface area contributed by atoms with E-state index in [0.29, 0.717) is 11.6 Å². The Morgan fingerprint density at radius 1 is 1.08 bits per heavy atom. The monoisotopic (exact) mass is 338 g/mol. The summed E-state index contributed by atoms with van der Waals surface area (Å²) in [5.74, 6) is 2.44. The molecule has 1 unspecified atom stereocenters. The average molecular weight is 338 g/mol. The molecule has 1 heterocycles. The van der Waals surface area contributed by atoms with E-state index >= 15 is 0 Å². The third kappa shape index (κ3) is 3.43. The first-order valence-electron chi connectivity index (χ1n) is 8.75. The summed E-state index contributed by atoms with van der Waals surface area (Å²) in [7, 11) is 0. The highest BCUT2D eigenvalue weighted by Gasteiger charge is 2.42. The van der Waals surface area contributed by atoms with Crippen LogP contribution in [0.4, 0.5) is 5.69 Å². The number of nitrogens with one attached hydrogen (secondary N) is 1. The van der Waals surface area contributed by atoms with Crippen LogP contribution < -0.4 is 15.8 Å². The number of hydrogen-bond donors (Lipinski definition) is 2. The molecule has 2 aromatic carbocycles. The van der Waals surface area contributed by atoms with Crippen LogP contribution in [-0.4, -0.2) is 0 Å². The molecule has 0 saturated carbocycles. The number of nitrogens with two attached hydrogens (primary N) is 1. The van der Waals surface area contributed by atoms with E-state index in [1.165, 1.54) is 5.56 Å². The number of rotatable bonds is 5. The SMILES string of the molecule is CCC1(c2ccc(C)cc2)NC(Oc2ccc(N)cc2)=C(C(C)C)O1. The van der Waals surface area contributed by atoms with E-state index < -0.39 is 5.72 Å². The van der Waals surface area contributed by atoms with Crippen molar-refractivity contribution < 1.29 is 9.47 Å². The quantitative estimate of drug-likeness (QED) is 0.778. The third-order valence-corrected chi connectivity index (χ3v) is 4.46. The van der Waals surface area contributed by atoms with E-state index in [-0.39, 0.29) is 5.92 Å². The van der Waals surface area contributed by atoms with Gasteiger partial charge in [-0.15, -0.1) is 0 Å². The predicted octanol–water partition coefficient (Wildman–Crippen LogP) is 4.66. The van der Waals surface area contributed by atoms with Gasteiger partial charge in [-0.3, -0.25) is 0 Å². The number of benzene rings is 2. The molecule has 4 nitrogen and oxygen atoms in total. The van der Waals surface area contributed by atoms with Crippen LogP contribution >= 0.6 is 0 Å². The maximum absolute atomic E-state index is 6.41. The molecule has 0 aromatic heterocycles. The van der Waals surface area contributed by atoms with Gasteiger partial charge in [0, 0.05) is 23.6 Å². The predicted molar refractivity (Wildman–Crippen MR) is 101 cm³/mol. The molecule has 3 rings (SSSR count). The number of nitrogen functional groups attached to an aromatic ring is 1. The van der Waals surface area contributed by atoms with Crippen LogP contribution in [0.1, 0.15) is 38.3 Å². The maximum atomic E-state index is 6.41. The molecule has 1 aliphatic rings. The molecule has 1 aliphatic heterocycles. The van der Waals surface area contributed by atoms with E-state index in [1.807, 2.05) is 24.3 Å². The van der Waals surface area contributed by atoms with Gasteiger partial charge in [-0.25, -0.2) is 0 Å². The Balaban J connectivity index is 1.91. The van der Waals surface area contributed by atoms with Gasteiger partial charge in [-0.2, -0.15) is 0 Å². The Labute approximate surface area is 149 Å². The van der Waals surface area contributed by atoms with Crippen LogP contribution in [0.2, 0.25) is 0 Å². The van der Waals surface area contributed by atoms with E-state index in [9.17, 15) is 0 Å². The van der Waals surface area contributed by atoms with Crippen LogP contribution in [0.15, 0.2) is 60.2 Å². The topological polar surface area (TPSA) is 56.5 Å². The fraction of sp³-hybridized carbons (Fsp3) is 0.333. The minimum Gasteiger partial charge on any atom is -0.462 e. The lowest BCUT2D eigenvalue weighted by molar-refractivity contribution is -0.0112. The summed E-state index contributed by atoms with van der Waals surface area (Å²) in [5.41, 5.74) is 8.18. The zero-order valence-electron chi connectivity index (χ0n) is 15.3. The molecule has 0 spiro atoms. The van der Waals surface area contributed by atoms with Gasteiger partial charge in [0.2, 0.25) is 11.6 Å². The molecule has 2 aromatic rings. The van der Waals surface area contributed by atoms with Crippen molar-refractivity contribution >= 4 is 5.69 Å². The maximum Gasteiger partial charge on any atom is 0.235 e. The van der Waals surface area contributed by atoms with E-state index in [1.54, 1.807) is 0 Å². The molecule has 25 heavy (non-hydrogen) atoms. The normalized spacial score (nSPS) is 19.7. The molecule has 0 bridgehead atoms. The van der Waals surface area contributed by atoms with Gasteiger partial charge in [-0.1, -0.05) is 50.6 Å². The van der Waals surface area contributed by atoms with Crippen molar-refractivity contribution in [3.8, 4) is 5.75 Å². The summed E-state index contributed by atoms with van der Waals surface area (Å²) in [6.07, 6.45) is 0.779. The zero-order valence-corrected chi connectivity index (χ0v) is 15.3.